The maximum Gasteiger partial charge on any atom is 0.228 e. The largest absolute Gasteiger partial charge is 0.326 e. The van der Waals surface area contributed by atoms with Crippen LogP contribution in [0.1, 0.15) is 17.5 Å². The van der Waals surface area contributed by atoms with Gasteiger partial charge in [0.1, 0.15) is 0 Å². The number of para-hydroxylation sites is 1. The Bertz CT molecular complexity index is 639. The Balaban J connectivity index is 1.90. The number of fused-ring (bicyclic) bond motifs is 1. The third-order valence-corrected chi connectivity index (χ3v) is 4.69. The van der Waals surface area contributed by atoms with Crippen molar-refractivity contribution in [1.29, 1.82) is 0 Å². The van der Waals surface area contributed by atoms with Gasteiger partial charge >= 0.3 is 0 Å². The van der Waals surface area contributed by atoms with E-state index in [4.69, 9.17) is 5.73 Å². The molecule has 0 fully saturated rings. The minimum Gasteiger partial charge on any atom is -0.326 e. The lowest BCUT2D eigenvalue weighted by molar-refractivity contribution is -0.118. The molecule has 0 saturated carbocycles. The molecule has 1 amide bonds. The van der Waals surface area contributed by atoms with Gasteiger partial charge in [-0.3, -0.25) is 4.79 Å². The van der Waals surface area contributed by atoms with Gasteiger partial charge in [0.2, 0.25) is 5.91 Å². The number of amides is 1. The molecule has 0 saturated heterocycles. The van der Waals surface area contributed by atoms with Crippen LogP contribution in [0.15, 0.2) is 53.4 Å². The molecule has 0 unspecified atom stereocenters. The monoisotopic (exact) mass is 298 g/mol. The van der Waals surface area contributed by atoms with Gasteiger partial charge < -0.3 is 10.6 Å². The van der Waals surface area contributed by atoms with E-state index in [0.717, 1.165) is 22.6 Å². The second-order valence-corrected chi connectivity index (χ2v) is 6.20. The number of nitrogens with zero attached hydrogens (tertiary/aromatic N) is 1. The van der Waals surface area contributed by atoms with E-state index in [1.807, 2.05) is 35.2 Å². The summed E-state index contributed by atoms with van der Waals surface area (Å²) in [6.45, 7) is 1.16. The predicted molar refractivity (Wildman–Crippen MR) is 87.3 cm³/mol. The minimum atomic E-state index is 0.190. The van der Waals surface area contributed by atoms with Gasteiger partial charge in [0.05, 0.1) is 12.2 Å². The molecule has 1 aliphatic rings. The highest BCUT2D eigenvalue weighted by Gasteiger charge is 2.22. The molecule has 0 bridgehead atoms. The molecule has 0 aromatic heterocycles. The number of hydrogen-bond acceptors (Lipinski definition) is 3. The van der Waals surface area contributed by atoms with Crippen molar-refractivity contribution in [2.24, 2.45) is 5.73 Å². The van der Waals surface area contributed by atoms with E-state index in [1.54, 1.807) is 11.8 Å². The molecule has 4 heteroatoms. The maximum atomic E-state index is 12.4. The number of nitrogens with two attached hydrogens (primary N) is 1. The van der Waals surface area contributed by atoms with Crippen LogP contribution in [0.3, 0.4) is 0 Å². The lowest BCUT2D eigenvalue weighted by Crippen LogP contribution is -2.29. The summed E-state index contributed by atoms with van der Waals surface area (Å²) < 4.78 is 0. The zero-order chi connectivity index (χ0) is 14.7. The summed E-state index contributed by atoms with van der Waals surface area (Å²) >= 11 is 1.75. The van der Waals surface area contributed by atoms with E-state index in [0.29, 0.717) is 19.5 Å². The molecule has 2 aromatic rings. The first-order valence-electron chi connectivity index (χ1n) is 7.08. The van der Waals surface area contributed by atoms with Crippen LogP contribution in [0.5, 0.6) is 0 Å². The lowest BCUT2D eigenvalue weighted by Gasteiger charge is -2.22. The van der Waals surface area contributed by atoms with E-state index < -0.39 is 0 Å². The highest BCUT2D eigenvalue weighted by Crippen LogP contribution is 2.34. The van der Waals surface area contributed by atoms with E-state index in [1.165, 1.54) is 4.90 Å². The van der Waals surface area contributed by atoms with Gasteiger partial charge in [-0.2, -0.15) is 0 Å². The smallest absolute Gasteiger partial charge is 0.228 e. The summed E-state index contributed by atoms with van der Waals surface area (Å²) in [6.07, 6.45) is 0.584. The fourth-order valence-corrected chi connectivity index (χ4v) is 3.45. The molecule has 3 rings (SSSR count). The average molecular weight is 298 g/mol. The number of carbonyl (C=O) groups is 1. The SMILES string of the molecule is NCc1ccc(CN2C(=O)CCSc3ccccc32)cc1. The van der Waals surface area contributed by atoms with Crippen LogP contribution in [0, 0.1) is 0 Å². The van der Waals surface area contributed by atoms with Gasteiger partial charge in [0.25, 0.3) is 0 Å². The molecule has 2 N–H and O–H groups in total. The fraction of sp³-hybridized carbons (Fsp3) is 0.235. The molecule has 21 heavy (non-hydrogen) atoms. The number of hydrogen-bond donors (Lipinski definition) is 1. The van der Waals surface area contributed by atoms with Crippen LogP contribution < -0.4 is 10.6 Å². The Morgan fingerprint density at radius 3 is 2.52 bits per heavy atom. The Morgan fingerprint density at radius 2 is 1.76 bits per heavy atom. The van der Waals surface area contributed by atoms with Crippen LogP contribution in [0.4, 0.5) is 5.69 Å². The van der Waals surface area contributed by atoms with Gasteiger partial charge in [-0.25, -0.2) is 0 Å². The summed E-state index contributed by atoms with van der Waals surface area (Å²) in [5.74, 6) is 1.04. The molecule has 0 atom stereocenters. The van der Waals surface area contributed by atoms with Crippen molar-refractivity contribution in [2.45, 2.75) is 24.4 Å². The second kappa shape index (κ2) is 6.33. The Hall–Kier alpha value is -1.78. The van der Waals surface area contributed by atoms with Crippen molar-refractivity contribution in [3.63, 3.8) is 0 Å². The van der Waals surface area contributed by atoms with Crippen LogP contribution in [-0.2, 0) is 17.9 Å². The zero-order valence-electron chi connectivity index (χ0n) is 11.8. The summed E-state index contributed by atoms with van der Waals surface area (Å²) in [5.41, 5.74) is 8.88. The van der Waals surface area contributed by atoms with Gasteiger partial charge in [-0.15, -0.1) is 11.8 Å². The minimum absolute atomic E-state index is 0.190. The van der Waals surface area contributed by atoms with Crippen LogP contribution in [0.25, 0.3) is 0 Å². The second-order valence-electron chi connectivity index (χ2n) is 5.07. The van der Waals surface area contributed by atoms with Gasteiger partial charge in [-0.1, -0.05) is 36.4 Å². The average Bonchev–Trinajstić information content (AvgIpc) is 2.68. The van der Waals surface area contributed by atoms with Crippen molar-refractivity contribution in [2.75, 3.05) is 10.7 Å². The summed E-state index contributed by atoms with van der Waals surface area (Å²) in [7, 11) is 0. The first-order valence-corrected chi connectivity index (χ1v) is 8.06. The Labute approximate surface area is 129 Å². The van der Waals surface area contributed by atoms with Crippen LogP contribution >= 0.6 is 11.8 Å². The molecule has 1 aliphatic heterocycles. The first kappa shape index (κ1) is 14.2. The molecule has 0 aliphatic carbocycles. The van der Waals surface area contributed by atoms with E-state index in [-0.39, 0.29) is 5.91 Å². The lowest BCUT2D eigenvalue weighted by atomic mass is 10.1. The zero-order valence-corrected chi connectivity index (χ0v) is 12.6. The highest BCUT2D eigenvalue weighted by molar-refractivity contribution is 7.99. The van der Waals surface area contributed by atoms with Crippen LogP contribution in [-0.4, -0.2) is 11.7 Å². The standard InChI is InChI=1S/C17H18N2OS/c18-11-13-5-7-14(8-6-13)12-19-15-3-1-2-4-16(15)21-10-9-17(19)20/h1-8H,9-12,18H2. The number of thioether (sulfide) groups is 1. The van der Waals surface area contributed by atoms with E-state index >= 15 is 0 Å². The third-order valence-electron chi connectivity index (χ3n) is 3.63. The normalized spacial score (nSPS) is 14.7. The van der Waals surface area contributed by atoms with Gasteiger partial charge in [-0.05, 0) is 23.3 Å². The van der Waals surface area contributed by atoms with Crippen molar-refractivity contribution >= 4 is 23.4 Å². The first-order chi connectivity index (χ1) is 10.3. The fourth-order valence-electron chi connectivity index (χ4n) is 2.46. The molecular formula is C17H18N2OS. The van der Waals surface area contributed by atoms with Gasteiger partial charge in [0, 0.05) is 23.6 Å². The molecule has 0 radical (unpaired) electrons. The topological polar surface area (TPSA) is 46.3 Å². The molecule has 3 nitrogen and oxygen atoms in total. The number of rotatable bonds is 3. The quantitative estimate of drug-likeness (QED) is 0.946. The van der Waals surface area contributed by atoms with Gasteiger partial charge in [0.15, 0.2) is 0 Å². The van der Waals surface area contributed by atoms with E-state index in [2.05, 4.69) is 18.2 Å². The van der Waals surface area contributed by atoms with E-state index in [9.17, 15) is 4.79 Å². The number of carbonyl (C=O) groups excluding carboxylic acids is 1. The molecule has 2 aromatic carbocycles. The van der Waals surface area contributed by atoms with Crippen molar-refractivity contribution in [1.82, 2.24) is 0 Å². The van der Waals surface area contributed by atoms with Crippen molar-refractivity contribution < 1.29 is 4.79 Å². The van der Waals surface area contributed by atoms with Crippen molar-refractivity contribution in [3.8, 4) is 0 Å². The Morgan fingerprint density at radius 1 is 1.05 bits per heavy atom. The molecule has 1 heterocycles. The molecule has 0 spiro atoms. The number of anilines is 1. The van der Waals surface area contributed by atoms with Crippen molar-refractivity contribution in [3.05, 3.63) is 59.7 Å². The summed E-state index contributed by atoms with van der Waals surface area (Å²) in [4.78, 5) is 15.5. The highest BCUT2D eigenvalue weighted by atomic mass is 32.2. The summed E-state index contributed by atoms with van der Waals surface area (Å²) in [6, 6.07) is 16.3. The predicted octanol–water partition coefficient (Wildman–Crippen LogP) is 3.17. The molecular weight excluding hydrogens is 280 g/mol. The maximum absolute atomic E-state index is 12.4. The molecule has 108 valence electrons. The Kier molecular flexibility index (Phi) is 4.27. The number of benzene rings is 2. The van der Waals surface area contributed by atoms with Crippen LogP contribution in [0.2, 0.25) is 0 Å². The summed E-state index contributed by atoms with van der Waals surface area (Å²) in [5, 5.41) is 0. The third kappa shape index (κ3) is 3.12.